The molecule has 3 heterocycles. The van der Waals surface area contributed by atoms with Gasteiger partial charge < -0.3 is 4.74 Å². The van der Waals surface area contributed by atoms with Crippen molar-refractivity contribution >= 4 is 0 Å². The van der Waals surface area contributed by atoms with Crippen LogP contribution in [0.4, 0.5) is 0 Å². The Labute approximate surface area is 160 Å². The topological polar surface area (TPSA) is 38.2 Å². The molecule has 1 aliphatic heterocycles. The van der Waals surface area contributed by atoms with Crippen LogP contribution in [0, 0.1) is 0 Å². The molecule has 0 aliphatic carbocycles. The molecule has 0 amide bonds. The van der Waals surface area contributed by atoms with Crippen LogP contribution in [0.15, 0.2) is 66.9 Å². The maximum absolute atomic E-state index is 5.34. The van der Waals surface area contributed by atoms with Crippen molar-refractivity contribution in [2.45, 2.75) is 31.8 Å². The van der Waals surface area contributed by atoms with Crippen molar-refractivity contribution in [3.63, 3.8) is 0 Å². The van der Waals surface area contributed by atoms with Crippen LogP contribution in [0.3, 0.4) is 0 Å². The summed E-state index contributed by atoms with van der Waals surface area (Å²) in [5, 5.41) is 0. The number of pyridine rings is 2. The Kier molecular flexibility index (Phi) is 5.45. The van der Waals surface area contributed by atoms with Gasteiger partial charge in [0.15, 0.2) is 0 Å². The van der Waals surface area contributed by atoms with Crippen LogP contribution in [0.2, 0.25) is 0 Å². The highest BCUT2D eigenvalue weighted by Crippen LogP contribution is 2.32. The number of methoxy groups -OCH3 is 1. The Bertz CT molecular complexity index is 882. The molecule has 138 valence electrons. The van der Waals surface area contributed by atoms with E-state index in [9.17, 15) is 0 Å². The maximum Gasteiger partial charge on any atom is 0.119 e. The number of ether oxygens (including phenoxy) is 1. The van der Waals surface area contributed by atoms with E-state index >= 15 is 0 Å². The van der Waals surface area contributed by atoms with E-state index in [0.29, 0.717) is 6.04 Å². The molecule has 27 heavy (non-hydrogen) atoms. The summed E-state index contributed by atoms with van der Waals surface area (Å²) >= 11 is 0. The summed E-state index contributed by atoms with van der Waals surface area (Å²) in [5.74, 6) is 0.890. The molecule has 0 spiro atoms. The fourth-order valence-corrected chi connectivity index (χ4v) is 3.82. The second kappa shape index (κ2) is 8.31. The number of benzene rings is 1. The summed E-state index contributed by atoms with van der Waals surface area (Å²) in [6, 6.07) is 21.1. The highest BCUT2D eigenvalue weighted by molar-refractivity contribution is 5.31. The molecule has 0 unspecified atom stereocenters. The number of hydrogen-bond donors (Lipinski definition) is 0. The Morgan fingerprint density at radius 2 is 1.93 bits per heavy atom. The van der Waals surface area contributed by atoms with E-state index in [4.69, 9.17) is 9.72 Å². The van der Waals surface area contributed by atoms with Crippen molar-refractivity contribution < 1.29 is 4.74 Å². The van der Waals surface area contributed by atoms with E-state index in [1.54, 1.807) is 7.11 Å². The van der Waals surface area contributed by atoms with Crippen LogP contribution in [-0.4, -0.2) is 28.5 Å². The number of likely N-dealkylation sites (tertiary alicyclic amines) is 1. The molecule has 4 rings (SSSR count). The second-order valence-corrected chi connectivity index (χ2v) is 7.03. The van der Waals surface area contributed by atoms with E-state index in [0.717, 1.165) is 43.1 Å². The van der Waals surface area contributed by atoms with Gasteiger partial charge in [0.2, 0.25) is 0 Å². The van der Waals surface area contributed by atoms with Crippen LogP contribution in [0.5, 0.6) is 5.75 Å². The molecule has 3 aromatic rings. The molecule has 4 nitrogen and oxygen atoms in total. The first-order valence-corrected chi connectivity index (χ1v) is 9.54. The number of nitrogens with zero attached hydrogens (tertiary/aromatic N) is 3. The minimum Gasteiger partial charge on any atom is -0.497 e. The van der Waals surface area contributed by atoms with Gasteiger partial charge in [-0.15, -0.1) is 0 Å². The molecule has 0 N–H and O–H groups in total. The quantitative estimate of drug-likeness (QED) is 0.653. The van der Waals surface area contributed by atoms with Gasteiger partial charge in [0.25, 0.3) is 0 Å². The summed E-state index contributed by atoms with van der Waals surface area (Å²) < 4.78 is 5.34. The molecule has 4 heteroatoms. The lowest BCUT2D eigenvalue weighted by Crippen LogP contribution is -2.24. The molecule has 1 atom stereocenters. The highest BCUT2D eigenvalue weighted by atomic mass is 16.5. The van der Waals surface area contributed by atoms with Crippen LogP contribution in [0.25, 0.3) is 0 Å². The first kappa shape index (κ1) is 17.7. The molecule has 1 fully saturated rings. The van der Waals surface area contributed by atoms with Crippen LogP contribution >= 0.6 is 0 Å². The van der Waals surface area contributed by atoms with Gasteiger partial charge in [-0.25, -0.2) is 0 Å². The molecule has 1 saturated heterocycles. The van der Waals surface area contributed by atoms with Gasteiger partial charge in [0, 0.05) is 24.9 Å². The van der Waals surface area contributed by atoms with Crippen LogP contribution in [0.1, 0.15) is 41.5 Å². The van der Waals surface area contributed by atoms with E-state index in [2.05, 4.69) is 52.3 Å². The molecule has 0 saturated carbocycles. The van der Waals surface area contributed by atoms with Crippen molar-refractivity contribution in [3.8, 4) is 5.75 Å². The number of aromatic nitrogens is 2. The standard InChI is InChI=1S/C23H25N3O/c1-27-21-10-4-7-18(16-21)15-19-9-5-11-22(25-19)23-12-6-14-26(23)17-20-8-2-3-13-24-20/h2-5,7-11,13,16,23H,6,12,14-15,17H2,1H3/t23-/m0/s1. The third-order valence-corrected chi connectivity index (χ3v) is 5.14. The fourth-order valence-electron chi connectivity index (χ4n) is 3.82. The highest BCUT2D eigenvalue weighted by Gasteiger charge is 2.27. The largest absolute Gasteiger partial charge is 0.497 e. The van der Waals surface area contributed by atoms with Gasteiger partial charge in [-0.2, -0.15) is 0 Å². The molecule has 1 aromatic carbocycles. The molecular formula is C23H25N3O. The van der Waals surface area contributed by atoms with Crippen molar-refractivity contribution in [1.29, 1.82) is 0 Å². The summed E-state index contributed by atoms with van der Waals surface area (Å²) in [4.78, 5) is 12.0. The molecule has 0 radical (unpaired) electrons. The Hall–Kier alpha value is -2.72. The van der Waals surface area contributed by atoms with Gasteiger partial charge in [0.05, 0.1) is 24.5 Å². The zero-order valence-electron chi connectivity index (χ0n) is 15.7. The van der Waals surface area contributed by atoms with E-state index < -0.39 is 0 Å². The lowest BCUT2D eigenvalue weighted by atomic mass is 10.1. The van der Waals surface area contributed by atoms with E-state index in [-0.39, 0.29) is 0 Å². The first-order valence-electron chi connectivity index (χ1n) is 9.54. The van der Waals surface area contributed by atoms with Crippen molar-refractivity contribution in [1.82, 2.24) is 14.9 Å². The Morgan fingerprint density at radius 1 is 1.04 bits per heavy atom. The van der Waals surface area contributed by atoms with Crippen molar-refractivity contribution in [2.24, 2.45) is 0 Å². The van der Waals surface area contributed by atoms with Crippen LogP contribution < -0.4 is 4.74 Å². The van der Waals surface area contributed by atoms with Gasteiger partial charge in [-0.1, -0.05) is 24.3 Å². The maximum atomic E-state index is 5.34. The summed E-state index contributed by atoms with van der Waals surface area (Å²) in [6.07, 6.45) is 5.05. The molecule has 2 aromatic heterocycles. The minimum absolute atomic E-state index is 0.372. The lowest BCUT2D eigenvalue weighted by molar-refractivity contribution is 0.241. The van der Waals surface area contributed by atoms with Crippen LogP contribution in [-0.2, 0) is 13.0 Å². The van der Waals surface area contributed by atoms with Crippen molar-refractivity contribution in [3.05, 3.63) is 89.5 Å². The monoisotopic (exact) mass is 359 g/mol. The van der Waals surface area contributed by atoms with Crippen molar-refractivity contribution in [2.75, 3.05) is 13.7 Å². The molecule has 0 bridgehead atoms. The summed E-state index contributed by atoms with van der Waals surface area (Å²) in [6.45, 7) is 1.98. The smallest absolute Gasteiger partial charge is 0.119 e. The zero-order chi connectivity index (χ0) is 18.5. The number of rotatable bonds is 6. The summed E-state index contributed by atoms with van der Waals surface area (Å²) in [7, 11) is 1.70. The predicted molar refractivity (Wildman–Crippen MR) is 107 cm³/mol. The van der Waals surface area contributed by atoms with Gasteiger partial charge in [-0.3, -0.25) is 14.9 Å². The third-order valence-electron chi connectivity index (χ3n) is 5.14. The Balaban J connectivity index is 1.51. The lowest BCUT2D eigenvalue weighted by Gasteiger charge is -2.24. The Morgan fingerprint density at radius 3 is 2.78 bits per heavy atom. The average Bonchev–Trinajstić information content (AvgIpc) is 3.17. The first-order chi connectivity index (χ1) is 13.3. The minimum atomic E-state index is 0.372. The molecule has 1 aliphatic rings. The average molecular weight is 359 g/mol. The van der Waals surface area contributed by atoms with Gasteiger partial charge in [0.1, 0.15) is 5.75 Å². The normalized spacial score (nSPS) is 17.1. The molecular weight excluding hydrogens is 334 g/mol. The fraction of sp³-hybridized carbons (Fsp3) is 0.304. The zero-order valence-corrected chi connectivity index (χ0v) is 15.7. The number of hydrogen-bond acceptors (Lipinski definition) is 4. The van der Waals surface area contributed by atoms with E-state index in [1.807, 2.05) is 24.4 Å². The SMILES string of the molecule is COc1cccc(Cc2cccc([C@@H]3CCCN3Cc3ccccn3)n2)c1. The van der Waals surface area contributed by atoms with Gasteiger partial charge in [-0.05, 0) is 61.3 Å². The third kappa shape index (κ3) is 4.34. The van der Waals surface area contributed by atoms with Gasteiger partial charge >= 0.3 is 0 Å². The van der Waals surface area contributed by atoms with E-state index in [1.165, 1.54) is 17.7 Å². The second-order valence-electron chi connectivity index (χ2n) is 7.03. The predicted octanol–water partition coefficient (Wildman–Crippen LogP) is 4.41. The summed E-state index contributed by atoms with van der Waals surface area (Å²) in [5.41, 5.74) is 4.61.